The predicted octanol–water partition coefficient (Wildman–Crippen LogP) is 1.97. The summed E-state index contributed by atoms with van der Waals surface area (Å²) in [6.07, 6.45) is 4.27. The van der Waals surface area contributed by atoms with Gasteiger partial charge in [0.05, 0.1) is 39.0 Å². The van der Waals surface area contributed by atoms with Crippen molar-refractivity contribution in [3.8, 4) is 0 Å². The number of piperidine rings is 1. The van der Waals surface area contributed by atoms with Crippen LogP contribution in [0.25, 0.3) is 0 Å². The zero-order valence-corrected chi connectivity index (χ0v) is 13.6. The molecular formula is C15H21N4O5+. The van der Waals surface area contributed by atoms with Gasteiger partial charge in [-0.1, -0.05) is 0 Å². The van der Waals surface area contributed by atoms with Crippen LogP contribution in [0.5, 0.6) is 0 Å². The molecule has 0 bridgehead atoms. The number of nitro groups is 1. The minimum absolute atomic E-state index is 0.191. The molecule has 0 radical (unpaired) electrons. The molecule has 0 aromatic carbocycles. The van der Waals surface area contributed by atoms with Crippen LogP contribution in [0, 0.1) is 10.1 Å². The van der Waals surface area contributed by atoms with Gasteiger partial charge in [-0.15, -0.1) is 0 Å². The SMILES string of the molecule is C[N+]1(C[C@H]2CN(/N=C/c3ccc([N+](=O)[O-])o3)C(=O)O2)CCCCC1. The third-order valence-corrected chi connectivity index (χ3v) is 4.51. The molecule has 1 amide bonds. The van der Waals surface area contributed by atoms with Gasteiger partial charge in [0.1, 0.15) is 11.5 Å². The number of likely N-dealkylation sites (N-methyl/N-ethyl adjacent to an activating group) is 1. The van der Waals surface area contributed by atoms with Crippen LogP contribution < -0.4 is 0 Å². The minimum atomic E-state index is -0.625. The smallest absolute Gasteiger partial charge is 0.433 e. The normalized spacial score (nSPS) is 23.6. The van der Waals surface area contributed by atoms with Crippen LogP contribution in [-0.4, -0.2) is 66.1 Å². The van der Waals surface area contributed by atoms with Gasteiger partial charge >= 0.3 is 12.0 Å². The Balaban J connectivity index is 1.58. The molecule has 0 N–H and O–H groups in total. The maximum atomic E-state index is 11.9. The van der Waals surface area contributed by atoms with Gasteiger partial charge in [0.15, 0.2) is 11.9 Å². The van der Waals surface area contributed by atoms with Gasteiger partial charge in [-0.25, -0.2) is 4.79 Å². The number of nitrogens with zero attached hydrogens (tertiary/aromatic N) is 4. The van der Waals surface area contributed by atoms with Crippen molar-refractivity contribution in [3.63, 3.8) is 0 Å². The van der Waals surface area contributed by atoms with Crippen LogP contribution in [0.15, 0.2) is 21.7 Å². The molecule has 9 nitrogen and oxygen atoms in total. The van der Waals surface area contributed by atoms with E-state index in [1.807, 2.05) is 0 Å². The maximum Gasteiger partial charge on any atom is 0.433 e. The third-order valence-electron chi connectivity index (χ3n) is 4.51. The van der Waals surface area contributed by atoms with Crippen molar-refractivity contribution in [3.05, 3.63) is 28.0 Å². The molecule has 2 fully saturated rings. The van der Waals surface area contributed by atoms with Gasteiger partial charge in [-0.05, 0) is 25.3 Å². The predicted molar refractivity (Wildman–Crippen MR) is 84.6 cm³/mol. The molecule has 2 saturated heterocycles. The molecule has 0 aliphatic carbocycles. The first-order valence-electron chi connectivity index (χ1n) is 8.05. The molecule has 0 unspecified atom stereocenters. The van der Waals surface area contributed by atoms with Crippen LogP contribution in [0.3, 0.4) is 0 Å². The lowest BCUT2D eigenvalue weighted by Gasteiger charge is -2.38. The summed E-state index contributed by atoms with van der Waals surface area (Å²) < 4.78 is 11.3. The lowest BCUT2D eigenvalue weighted by atomic mass is 10.1. The van der Waals surface area contributed by atoms with Crippen molar-refractivity contribution in [2.45, 2.75) is 25.4 Å². The average molecular weight is 337 g/mol. The third kappa shape index (κ3) is 3.73. The zero-order chi connectivity index (χ0) is 17.2. The lowest BCUT2D eigenvalue weighted by Crippen LogP contribution is -2.52. The number of carbonyl (C=O) groups excluding carboxylic acids is 1. The van der Waals surface area contributed by atoms with Gasteiger partial charge in [-0.3, -0.25) is 10.1 Å². The highest BCUT2D eigenvalue weighted by atomic mass is 16.6. The topological polar surface area (TPSA) is 98.2 Å². The fraction of sp³-hybridized carbons (Fsp3) is 0.600. The number of hydrogen-bond donors (Lipinski definition) is 0. The van der Waals surface area contributed by atoms with E-state index in [1.165, 1.54) is 42.6 Å². The number of amides is 1. The van der Waals surface area contributed by atoms with E-state index in [-0.39, 0.29) is 17.7 Å². The molecule has 1 aromatic heterocycles. The second-order valence-corrected chi connectivity index (χ2v) is 6.58. The van der Waals surface area contributed by atoms with Crippen molar-refractivity contribution in [1.82, 2.24) is 5.01 Å². The molecule has 9 heteroatoms. The van der Waals surface area contributed by atoms with Crippen molar-refractivity contribution < 1.29 is 23.4 Å². The van der Waals surface area contributed by atoms with E-state index in [2.05, 4.69) is 12.1 Å². The largest absolute Gasteiger partial charge is 0.437 e. The number of hydrogen-bond acceptors (Lipinski definition) is 6. The van der Waals surface area contributed by atoms with E-state index in [9.17, 15) is 14.9 Å². The highest BCUT2D eigenvalue weighted by Crippen LogP contribution is 2.21. The Labute approximate surface area is 139 Å². The van der Waals surface area contributed by atoms with Crippen molar-refractivity contribution in [2.24, 2.45) is 5.10 Å². The standard InChI is InChI=1S/C15H21N4O5/c1-19(7-3-2-4-8-19)11-13-10-17(15(20)24-13)16-9-12-5-6-14(23-12)18(21)22/h5-6,9,13H,2-4,7-8,10-11H2,1H3/q+1/b16-9+/t13-/m1/s1. The fourth-order valence-corrected chi connectivity index (χ4v) is 3.28. The van der Waals surface area contributed by atoms with Gasteiger partial charge in [0.25, 0.3) is 0 Å². The first-order valence-corrected chi connectivity index (χ1v) is 8.05. The quantitative estimate of drug-likeness (QED) is 0.354. The van der Waals surface area contributed by atoms with E-state index in [1.54, 1.807) is 0 Å². The molecule has 130 valence electrons. The molecule has 3 heterocycles. The number of ether oxygens (including phenoxy) is 1. The number of furan rings is 1. The number of likely N-dealkylation sites (tertiary alicyclic amines) is 1. The Bertz CT molecular complexity index is 650. The number of cyclic esters (lactones) is 1. The second kappa shape index (κ2) is 6.60. The van der Waals surface area contributed by atoms with E-state index in [0.29, 0.717) is 6.54 Å². The maximum absolute atomic E-state index is 11.9. The summed E-state index contributed by atoms with van der Waals surface area (Å²) in [6.45, 7) is 3.37. The molecule has 1 aromatic rings. The summed E-state index contributed by atoms with van der Waals surface area (Å²) in [6, 6.07) is 2.67. The summed E-state index contributed by atoms with van der Waals surface area (Å²) >= 11 is 0. The van der Waals surface area contributed by atoms with Gasteiger partial charge in [0.2, 0.25) is 0 Å². The molecule has 1 atom stereocenters. The minimum Gasteiger partial charge on any atom is -0.437 e. The molecule has 24 heavy (non-hydrogen) atoms. The molecular weight excluding hydrogens is 316 g/mol. The molecule has 0 spiro atoms. The van der Waals surface area contributed by atoms with Gasteiger partial charge < -0.3 is 13.6 Å². The van der Waals surface area contributed by atoms with Crippen molar-refractivity contribution in [2.75, 3.05) is 33.2 Å². The van der Waals surface area contributed by atoms with E-state index < -0.39 is 11.0 Å². The monoisotopic (exact) mass is 337 g/mol. The van der Waals surface area contributed by atoms with Crippen LogP contribution in [0.2, 0.25) is 0 Å². The Morgan fingerprint density at radius 1 is 1.42 bits per heavy atom. The first-order chi connectivity index (χ1) is 11.5. The summed E-state index contributed by atoms with van der Waals surface area (Å²) in [5.74, 6) is -0.145. The van der Waals surface area contributed by atoms with Gasteiger partial charge in [-0.2, -0.15) is 10.1 Å². The number of carbonyl (C=O) groups is 1. The molecule has 2 aliphatic heterocycles. The van der Waals surface area contributed by atoms with E-state index in [4.69, 9.17) is 9.15 Å². The van der Waals surface area contributed by atoms with Crippen LogP contribution in [0.1, 0.15) is 25.0 Å². The fourth-order valence-electron chi connectivity index (χ4n) is 3.28. The molecule has 3 rings (SSSR count). The number of rotatable bonds is 5. The Hall–Kier alpha value is -2.42. The number of quaternary nitrogens is 1. The highest BCUT2D eigenvalue weighted by Gasteiger charge is 2.37. The Morgan fingerprint density at radius 3 is 2.83 bits per heavy atom. The van der Waals surface area contributed by atoms with Crippen LogP contribution in [0.4, 0.5) is 10.7 Å². The highest BCUT2D eigenvalue weighted by molar-refractivity contribution is 5.78. The van der Waals surface area contributed by atoms with Crippen LogP contribution in [-0.2, 0) is 4.74 Å². The Morgan fingerprint density at radius 2 is 2.17 bits per heavy atom. The van der Waals surface area contributed by atoms with E-state index in [0.717, 1.165) is 24.1 Å². The Kier molecular flexibility index (Phi) is 4.52. The van der Waals surface area contributed by atoms with Crippen molar-refractivity contribution >= 4 is 18.2 Å². The summed E-state index contributed by atoms with van der Waals surface area (Å²) in [5, 5.41) is 15.8. The second-order valence-electron chi connectivity index (χ2n) is 6.58. The summed E-state index contributed by atoms with van der Waals surface area (Å²) in [5.41, 5.74) is 0. The summed E-state index contributed by atoms with van der Waals surface area (Å²) in [4.78, 5) is 21.9. The van der Waals surface area contributed by atoms with Crippen molar-refractivity contribution in [1.29, 1.82) is 0 Å². The molecule has 2 aliphatic rings. The molecule has 0 saturated carbocycles. The summed E-state index contributed by atoms with van der Waals surface area (Å²) in [7, 11) is 2.20. The lowest BCUT2D eigenvalue weighted by molar-refractivity contribution is -0.916. The average Bonchev–Trinajstić information content (AvgIpc) is 3.12. The number of hydrazone groups is 1. The van der Waals surface area contributed by atoms with E-state index >= 15 is 0 Å². The van der Waals surface area contributed by atoms with Crippen LogP contribution >= 0.6 is 0 Å². The first kappa shape index (κ1) is 16.4. The van der Waals surface area contributed by atoms with Gasteiger partial charge in [0, 0.05) is 0 Å². The zero-order valence-electron chi connectivity index (χ0n) is 13.6.